The second-order valence-electron chi connectivity index (χ2n) is 25.2. The fourth-order valence-electron chi connectivity index (χ4n) is 12.2. The van der Waals surface area contributed by atoms with Crippen LogP contribution in [0.1, 0.15) is 132 Å². The summed E-state index contributed by atoms with van der Waals surface area (Å²) >= 11 is 5.87. The molecule has 3 atom stereocenters. The van der Waals surface area contributed by atoms with Gasteiger partial charge in [-0.2, -0.15) is 50.1 Å². The number of anilines is 4. The van der Waals surface area contributed by atoms with Gasteiger partial charge in [-0.25, -0.2) is 36.9 Å². The zero-order valence-corrected chi connectivity index (χ0v) is 62.7. The van der Waals surface area contributed by atoms with Gasteiger partial charge in [0.15, 0.2) is 38.4 Å². The second kappa shape index (κ2) is 38.9. The summed E-state index contributed by atoms with van der Waals surface area (Å²) in [7, 11) is -2.25. The standard InChI is InChI=1S/C22H23F3N4O4.C21H21ClF2O4S.C20H22N8O5.C11H8O2.2H2S/c1-13(27-17(31)8-9-22(23,24)25)20(32)28-18-15-6-3-2-5-14(15)16-7-4-10-26-19(16)29(11-12-30)21(18)33;22-15-2-5-17(6-3-15)29(27,28)21(18-13-16(23)4-7-19(18)24)11-9-14(10-12-21)1-8-20(25)26;1-28(9-11-8-23-17-15(24-11)16(21)26-20(22)27-17)12-4-2-10(3-5-12)18(31)25-13(19(32)33)6-7-14(29)30;1-7-6-10(12)8-4-2-3-5-9(8)11(7)13;;/h2-7,10,13,18,30H,8-9,11-12H2,1H3,(H,27,31)(H,28,32);2-7,13-14H,1,8-12H2,(H,25,26);2-5,8,13H,6-7,9H2,1H3,(H,25,31)(H,29,30)(H,32,33)(H4,21,22,23,26,27);2-6H,1H3;2*1H2/t13-,18-;;13-;;;/m0.0.../s1. The molecule has 584 valence electrons. The number of pyridine rings is 1. The van der Waals surface area contributed by atoms with Crippen molar-refractivity contribution in [1.82, 2.24) is 40.9 Å². The van der Waals surface area contributed by atoms with E-state index in [1.165, 1.54) is 60.5 Å². The van der Waals surface area contributed by atoms with E-state index in [1.807, 2.05) is 11.9 Å². The molecule has 0 bridgehead atoms. The van der Waals surface area contributed by atoms with Crippen LogP contribution < -0.4 is 37.2 Å². The van der Waals surface area contributed by atoms with Crippen LogP contribution in [0, 0.1) is 17.6 Å². The number of ketones is 2. The van der Waals surface area contributed by atoms with Crippen LogP contribution >= 0.6 is 38.6 Å². The van der Waals surface area contributed by atoms with E-state index in [4.69, 9.17) is 33.3 Å². The number of benzene rings is 5. The molecule has 4 amide bonds. The first kappa shape index (κ1) is 87.9. The van der Waals surface area contributed by atoms with Gasteiger partial charge in [0.2, 0.25) is 17.8 Å². The number of fused-ring (bicyclic) bond motifs is 5. The zero-order chi connectivity index (χ0) is 78.9. The molecule has 0 unspecified atom stereocenters. The summed E-state index contributed by atoms with van der Waals surface area (Å²) in [5.41, 5.74) is 16.8. The maximum atomic E-state index is 14.7. The number of nitrogen functional groups attached to an aromatic ring is 2. The fraction of sp³-hybridized carbons (Fsp3) is 0.297. The quantitative estimate of drug-likeness (QED) is 0.0285. The van der Waals surface area contributed by atoms with Crippen molar-refractivity contribution >= 4 is 136 Å². The molecule has 2 aliphatic carbocycles. The number of halogens is 6. The molecule has 11 N–H and O–H groups in total. The molecule has 1 fully saturated rings. The minimum absolute atomic E-state index is 0. The number of rotatable bonds is 22. The van der Waals surface area contributed by atoms with Crippen LogP contribution in [-0.4, -0.2) is 145 Å². The van der Waals surface area contributed by atoms with Gasteiger partial charge in [0.1, 0.15) is 40.3 Å². The van der Waals surface area contributed by atoms with Crippen LogP contribution in [0.3, 0.4) is 0 Å². The number of allylic oxidation sites excluding steroid dienone is 2. The number of amides is 4. The first-order chi connectivity index (χ1) is 51.1. The summed E-state index contributed by atoms with van der Waals surface area (Å²) in [6.07, 6.45) is -1.31. The minimum Gasteiger partial charge on any atom is -0.481 e. The molecule has 3 aromatic heterocycles. The summed E-state index contributed by atoms with van der Waals surface area (Å²) in [4.78, 5) is 130. The summed E-state index contributed by atoms with van der Waals surface area (Å²) < 4.78 is 91.3. The van der Waals surface area contributed by atoms with Crippen LogP contribution in [0.2, 0.25) is 5.02 Å². The van der Waals surface area contributed by atoms with E-state index in [0.29, 0.717) is 86.9 Å². The molecular weight excluding hydrogens is 1520 g/mol. The van der Waals surface area contributed by atoms with Gasteiger partial charge in [0, 0.05) is 76.6 Å². The van der Waals surface area contributed by atoms with Gasteiger partial charge < -0.3 is 52.7 Å². The number of aliphatic carboxylic acids is 3. The molecule has 1 aliphatic heterocycles. The topological polar surface area (TPSA) is 428 Å². The number of Topliss-reactive ketones (excluding diaryl/α,β-unsaturated/α-hetero) is 1. The number of β-amino-alcohol motifs (C(OH)–C–C–N with tert-alkyl or cyclic N) is 1. The second-order valence-corrected chi connectivity index (χ2v) is 27.9. The molecule has 5 aromatic carbocycles. The molecule has 0 radical (unpaired) electrons. The first-order valence-corrected chi connectivity index (χ1v) is 35.3. The molecule has 4 heterocycles. The summed E-state index contributed by atoms with van der Waals surface area (Å²) in [5.74, 6) is -7.28. The lowest BCUT2D eigenvalue weighted by Gasteiger charge is -2.40. The lowest BCUT2D eigenvalue weighted by Crippen LogP contribution is -2.50. The zero-order valence-electron chi connectivity index (χ0n) is 59.1. The highest BCUT2D eigenvalue weighted by Gasteiger charge is 2.50. The molecule has 11 rings (SSSR count). The Hall–Kier alpha value is -11.0. The average Bonchev–Trinajstić information content (AvgIpc) is 0.864. The number of aliphatic hydroxyl groups is 1. The van der Waals surface area contributed by atoms with E-state index < -0.39 is 105 Å². The van der Waals surface area contributed by atoms with E-state index in [9.17, 15) is 83.7 Å². The highest BCUT2D eigenvalue weighted by atomic mass is 35.5. The van der Waals surface area contributed by atoms with Crippen LogP contribution in [0.5, 0.6) is 0 Å². The first-order valence-electron chi connectivity index (χ1n) is 33.4. The van der Waals surface area contributed by atoms with E-state index in [1.54, 1.807) is 85.9 Å². The van der Waals surface area contributed by atoms with Crippen molar-refractivity contribution in [2.45, 2.75) is 119 Å². The SMILES string of the molecule is CC1=CC(=O)c2ccccc2C1=O.CN(Cc1cnc2nc(N)nc(N)c2n1)c1ccc(C(=O)N[C@@H](CCC(=O)O)C(=O)O)cc1.C[C@H](NC(=O)CCC(F)(F)F)C(=O)N[C@@H]1C(=O)N(CCO)c2ncccc2-c2ccccc21.O=C(O)CCC1CCC(c2cc(F)ccc2F)(S(=O)(=O)c2ccc(Cl)cc2)CC1.S.S. The Labute approximate surface area is 646 Å². The smallest absolute Gasteiger partial charge is 0.389 e. The van der Waals surface area contributed by atoms with Crippen LogP contribution in [-0.2, 0) is 49.9 Å². The predicted octanol–water partition coefficient (Wildman–Crippen LogP) is 9.94. The number of nitrogens with one attached hydrogen (secondary N) is 3. The third-order valence-corrected chi connectivity index (χ3v) is 20.5. The summed E-state index contributed by atoms with van der Waals surface area (Å²) in [6, 6.07) is 28.6. The number of hydrogen-bond acceptors (Lipinski definition) is 20. The highest BCUT2D eigenvalue weighted by Crippen LogP contribution is 2.50. The van der Waals surface area contributed by atoms with Crippen LogP contribution in [0.15, 0.2) is 156 Å². The molecule has 8 aromatic rings. The van der Waals surface area contributed by atoms with E-state index in [-0.39, 0.29) is 118 Å². The Morgan fingerprint density at radius 2 is 1.40 bits per heavy atom. The van der Waals surface area contributed by atoms with Crippen molar-refractivity contribution in [3.05, 3.63) is 202 Å². The van der Waals surface area contributed by atoms with Gasteiger partial charge >= 0.3 is 24.1 Å². The molecule has 1 saturated carbocycles. The van der Waals surface area contributed by atoms with E-state index >= 15 is 0 Å². The molecular formula is C74H78ClF5N12O15S3. The minimum atomic E-state index is -4.49. The lowest BCUT2D eigenvalue weighted by molar-refractivity contribution is -0.145. The predicted molar refractivity (Wildman–Crippen MR) is 406 cm³/mol. The number of aliphatic hydroxyl groups excluding tert-OH is 1. The number of sulfone groups is 1. The number of aromatic nitrogens is 5. The van der Waals surface area contributed by atoms with E-state index in [2.05, 4.69) is 40.9 Å². The monoisotopic (exact) mass is 1600 g/mol. The summed E-state index contributed by atoms with van der Waals surface area (Å²) in [5, 5.41) is 43.8. The number of carboxylic acid groups (broad SMARTS) is 3. The maximum Gasteiger partial charge on any atom is 0.389 e. The van der Waals surface area contributed by atoms with Crippen molar-refractivity contribution in [3.8, 4) is 11.1 Å². The Kier molecular flexibility index (Phi) is 31.1. The Balaban J connectivity index is 0.000000236. The summed E-state index contributed by atoms with van der Waals surface area (Å²) in [6.45, 7) is 2.94. The van der Waals surface area contributed by atoms with Crippen molar-refractivity contribution < 1.29 is 93.9 Å². The Bertz CT molecular complexity index is 4870. The number of nitrogens with zero attached hydrogens (tertiary/aromatic N) is 7. The van der Waals surface area contributed by atoms with Gasteiger partial charge in [0.05, 0.1) is 42.9 Å². The number of carbonyl (C=O) groups excluding carboxylic acids is 6. The Morgan fingerprint density at radius 1 is 0.773 bits per heavy atom. The van der Waals surface area contributed by atoms with Gasteiger partial charge in [-0.3, -0.25) is 43.3 Å². The lowest BCUT2D eigenvalue weighted by atomic mass is 9.76. The van der Waals surface area contributed by atoms with E-state index in [0.717, 1.165) is 23.9 Å². The van der Waals surface area contributed by atoms with Crippen molar-refractivity contribution in [3.63, 3.8) is 0 Å². The molecule has 36 heteroatoms. The third-order valence-electron chi connectivity index (χ3n) is 17.7. The molecule has 3 aliphatic rings. The van der Waals surface area contributed by atoms with Crippen molar-refractivity contribution in [1.29, 1.82) is 0 Å². The average molecular weight is 1600 g/mol. The number of alkyl halides is 3. The molecule has 0 spiro atoms. The highest BCUT2D eigenvalue weighted by molar-refractivity contribution is 7.92. The number of hydrogen-bond donors (Lipinski definition) is 9. The Morgan fingerprint density at radius 3 is 2.03 bits per heavy atom. The van der Waals surface area contributed by atoms with Gasteiger partial charge in [-0.15, -0.1) is 0 Å². The third kappa shape index (κ3) is 22.3. The van der Waals surface area contributed by atoms with Crippen LogP contribution in [0.4, 0.5) is 45.2 Å². The number of nitrogens with two attached hydrogens (primary N) is 2. The molecule has 110 heavy (non-hydrogen) atoms. The fourth-order valence-corrected chi connectivity index (χ4v) is 14.5. The van der Waals surface area contributed by atoms with Crippen molar-refractivity contribution in [2.75, 3.05) is 41.5 Å². The molecule has 27 nitrogen and oxygen atoms in total. The van der Waals surface area contributed by atoms with Crippen molar-refractivity contribution in [2.24, 2.45) is 5.92 Å². The molecule has 0 saturated heterocycles. The number of carboxylic acids is 3. The number of carbonyl (C=O) groups is 9. The van der Waals surface area contributed by atoms with Gasteiger partial charge in [0.25, 0.3) is 11.8 Å². The van der Waals surface area contributed by atoms with Gasteiger partial charge in [-0.05, 0) is 154 Å². The maximum absolute atomic E-state index is 14.7. The van der Waals surface area contributed by atoms with Gasteiger partial charge in [-0.1, -0.05) is 60.1 Å². The largest absolute Gasteiger partial charge is 0.481 e. The normalized spacial score (nSPS) is 16.1. The van der Waals surface area contributed by atoms with Crippen LogP contribution in [0.25, 0.3) is 22.3 Å².